The van der Waals surface area contributed by atoms with Crippen LogP contribution in [0.2, 0.25) is 0 Å². The minimum atomic E-state index is -0.615. The summed E-state index contributed by atoms with van der Waals surface area (Å²) < 4.78 is 21.7. The molecule has 0 aliphatic rings. The molecule has 1 N–H and O–H groups in total. The van der Waals surface area contributed by atoms with Crippen molar-refractivity contribution in [2.75, 3.05) is 11.1 Å². The third kappa shape index (κ3) is 5.24. The second kappa shape index (κ2) is 10.6. The van der Waals surface area contributed by atoms with Gasteiger partial charge in [-0.3, -0.25) is 9.36 Å². The Hall–Kier alpha value is -4.16. The summed E-state index contributed by atoms with van der Waals surface area (Å²) in [7, 11) is 0. The number of rotatable bonds is 8. The van der Waals surface area contributed by atoms with Crippen molar-refractivity contribution in [2.45, 2.75) is 18.2 Å². The van der Waals surface area contributed by atoms with Crippen molar-refractivity contribution < 1.29 is 13.9 Å². The molecule has 4 aromatic rings. The molecule has 34 heavy (non-hydrogen) atoms. The van der Waals surface area contributed by atoms with Gasteiger partial charge in [0.05, 0.1) is 17.0 Å². The average molecular weight is 474 g/mol. The molecule has 170 valence electrons. The molecule has 0 spiro atoms. The zero-order chi connectivity index (χ0) is 23.9. The van der Waals surface area contributed by atoms with Gasteiger partial charge in [-0.15, -0.1) is 10.2 Å². The van der Waals surface area contributed by atoms with E-state index in [9.17, 15) is 14.4 Å². The van der Waals surface area contributed by atoms with Crippen LogP contribution in [0.4, 0.5) is 10.1 Å². The highest BCUT2D eigenvalue weighted by atomic mass is 32.2. The van der Waals surface area contributed by atoms with Crippen molar-refractivity contribution >= 4 is 23.4 Å². The van der Waals surface area contributed by atoms with Crippen LogP contribution >= 0.6 is 11.8 Å². The number of nitrogens with zero attached hydrogens (tertiary/aromatic N) is 4. The maximum absolute atomic E-state index is 14.1. The molecule has 0 fully saturated rings. The fraction of sp³-hybridized carbons (Fsp3) is 0.120. The Morgan fingerprint density at radius 3 is 2.56 bits per heavy atom. The van der Waals surface area contributed by atoms with Gasteiger partial charge in [-0.05, 0) is 43.3 Å². The molecule has 0 aliphatic heterocycles. The highest BCUT2D eigenvalue weighted by Crippen LogP contribution is 2.29. The molecule has 1 heterocycles. The van der Waals surface area contributed by atoms with Crippen molar-refractivity contribution in [1.29, 1.82) is 5.26 Å². The third-order valence-corrected chi connectivity index (χ3v) is 5.76. The number of carbonyl (C=O) groups excluding carboxylic acids is 1. The molecule has 1 atom stereocenters. The standard InChI is InChI=1S/C25H20FN5O2S/c1-17(33-22-14-8-6-12-20(22)26)24-29-30-25(31(24)19-10-3-2-4-11-19)34-16-23(32)28-21-13-7-5-9-18(21)15-27/h2-14,17H,16H2,1H3,(H,28,32). The smallest absolute Gasteiger partial charge is 0.234 e. The number of carbonyl (C=O) groups is 1. The van der Waals surface area contributed by atoms with Crippen LogP contribution in [0.3, 0.4) is 0 Å². The third-order valence-electron chi connectivity index (χ3n) is 4.83. The first-order valence-corrected chi connectivity index (χ1v) is 11.4. The number of nitriles is 1. The Balaban J connectivity index is 1.56. The average Bonchev–Trinajstić information content (AvgIpc) is 3.29. The van der Waals surface area contributed by atoms with E-state index in [-0.39, 0.29) is 17.4 Å². The Bertz CT molecular complexity index is 1340. The van der Waals surface area contributed by atoms with Crippen LogP contribution in [-0.4, -0.2) is 26.4 Å². The predicted octanol–water partition coefficient (Wildman–Crippen LogP) is 5.15. The molecule has 0 saturated carbocycles. The number of hydrogen-bond donors (Lipinski definition) is 1. The lowest BCUT2D eigenvalue weighted by atomic mass is 10.2. The maximum Gasteiger partial charge on any atom is 0.234 e. The van der Waals surface area contributed by atoms with Crippen molar-refractivity contribution in [3.8, 4) is 17.5 Å². The van der Waals surface area contributed by atoms with Crippen LogP contribution in [0.15, 0.2) is 84.0 Å². The molecule has 1 amide bonds. The maximum atomic E-state index is 14.1. The highest BCUT2D eigenvalue weighted by molar-refractivity contribution is 7.99. The van der Waals surface area contributed by atoms with Crippen molar-refractivity contribution in [3.63, 3.8) is 0 Å². The van der Waals surface area contributed by atoms with Gasteiger partial charge in [0.2, 0.25) is 5.91 Å². The van der Waals surface area contributed by atoms with Gasteiger partial charge in [0.1, 0.15) is 6.07 Å². The zero-order valence-electron chi connectivity index (χ0n) is 18.2. The minimum absolute atomic E-state index is 0.0489. The van der Waals surface area contributed by atoms with E-state index in [0.717, 1.165) is 5.69 Å². The SMILES string of the molecule is CC(Oc1ccccc1F)c1nnc(SCC(=O)Nc2ccccc2C#N)n1-c1ccccc1. The molecule has 7 nitrogen and oxygen atoms in total. The Kier molecular flexibility index (Phi) is 7.20. The quantitative estimate of drug-likeness (QED) is 0.356. The van der Waals surface area contributed by atoms with E-state index in [1.54, 1.807) is 54.0 Å². The van der Waals surface area contributed by atoms with Gasteiger partial charge in [-0.2, -0.15) is 5.26 Å². The summed E-state index contributed by atoms with van der Waals surface area (Å²) in [5.74, 6) is -0.126. The first kappa shape index (κ1) is 23.0. The van der Waals surface area contributed by atoms with E-state index in [1.165, 1.54) is 17.8 Å². The summed E-state index contributed by atoms with van der Waals surface area (Å²) >= 11 is 1.20. The summed E-state index contributed by atoms with van der Waals surface area (Å²) in [6.45, 7) is 1.76. The lowest BCUT2D eigenvalue weighted by molar-refractivity contribution is -0.113. The molecule has 0 saturated heterocycles. The first-order chi connectivity index (χ1) is 16.6. The van der Waals surface area contributed by atoms with Gasteiger partial charge in [-0.1, -0.05) is 54.2 Å². The Morgan fingerprint density at radius 2 is 1.79 bits per heavy atom. The number of anilines is 1. The fourth-order valence-corrected chi connectivity index (χ4v) is 4.01. The number of para-hydroxylation sites is 3. The second-order valence-electron chi connectivity index (χ2n) is 7.20. The Labute approximate surface area is 200 Å². The topological polar surface area (TPSA) is 92.8 Å². The van der Waals surface area contributed by atoms with Crippen LogP contribution in [0.25, 0.3) is 5.69 Å². The number of halogens is 1. The molecule has 3 aromatic carbocycles. The van der Waals surface area contributed by atoms with Gasteiger partial charge in [0, 0.05) is 5.69 Å². The lowest BCUT2D eigenvalue weighted by Crippen LogP contribution is -2.16. The predicted molar refractivity (Wildman–Crippen MR) is 127 cm³/mol. The zero-order valence-corrected chi connectivity index (χ0v) is 19.0. The van der Waals surface area contributed by atoms with Gasteiger partial charge in [0.15, 0.2) is 28.7 Å². The number of aromatic nitrogens is 3. The number of ether oxygens (including phenoxy) is 1. The van der Waals surface area contributed by atoms with Crippen LogP contribution in [0, 0.1) is 17.1 Å². The van der Waals surface area contributed by atoms with E-state index in [1.807, 2.05) is 30.3 Å². The van der Waals surface area contributed by atoms with Crippen molar-refractivity contribution in [3.05, 3.63) is 96.1 Å². The van der Waals surface area contributed by atoms with Gasteiger partial charge in [-0.25, -0.2) is 4.39 Å². The van der Waals surface area contributed by atoms with E-state index >= 15 is 0 Å². The number of amides is 1. The second-order valence-corrected chi connectivity index (χ2v) is 8.14. The number of thioether (sulfide) groups is 1. The monoisotopic (exact) mass is 473 g/mol. The molecule has 1 aromatic heterocycles. The molecule has 0 bridgehead atoms. The van der Waals surface area contributed by atoms with E-state index < -0.39 is 11.9 Å². The summed E-state index contributed by atoms with van der Waals surface area (Å²) in [4.78, 5) is 12.6. The van der Waals surface area contributed by atoms with Crippen LogP contribution in [-0.2, 0) is 4.79 Å². The van der Waals surface area contributed by atoms with Gasteiger partial charge in [0.25, 0.3) is 0 Å². The molecule has 9 heteroatoms. The summed E-state index contributed by atoms with van der Waals surface area (Å²) in [6.07, 6.45) is -0.615. The molecule has 0 aliphatic carbocycles. The van der Waals surface area contributed by atoms with Crippen LogP contribution < -0.4 is 10.1 Å². The van der Waals surface area contributed by atoms with Crippen molar-refractivity contribution in [1.82, 2.24) is 14.8 Å². The molecular weight excluding hydrogens is 453 g/mol. The van der Waals surface area contributed by atoms with Gasteiger partial charge < -0.3 is 10.1 Å². The molecule has 0 radical (unpaired) electrons. The fourth-order valence-electron chi connectivity index (χ4n) is 3.25. The molecule has 1 unspecified atom stereocenters. The highest BCUT2D eigenvalue weighted by Gasteiger charge is 2.22. The van der Waals surface area contributed by atoms with Gasteiger partial charge >= 0.3 is 0 Å². The summed E-state index contributed by atoms with van der Waals surface area (Å²) in [5.41, 5.74) is 1.62. The van der Waals surface area contributed by atoms with E-state index in [0.29, 0.717) is 22.2 Å². The van der Waals surface area contributed by atoms with Crippen LogP contribution in [0.5, 0.6) is 5.75 Å². The largest absolute Gasteiger partial charge is 0.480 e. The normalized spacial score (nSPS) is 11.4. The Morgan fingerprint density at radius 1 is 1.09 bits per heavy atom. The summed E-state index contributed by atoms with van der Waals surface area (Å²) in [6, 6.07) is 24.4. The molecular formula is C25H20FN5O2S. The molecule has 4 rings (SSSR count). The number of hydrogen-bond acceptors (Lipinski definition) is 6. The van der Waals surface area contributed by atoms with Crippen LogP contribution in [0.1, 0.15) is 24.4 Å². The minimum Gasteiger partial charge on any atom is -0.480 e. The van der Waals surface area contributed by atoms with Crippen molar-refractivity contribution in [2.24, 2.45) is 0 Å². The number of benzene rings is 3. The number of nitrogens with one attached hydrogen (secondary N) is 1. The van der Waals surface area contributed by atoms with E-state index in [4.69, 9.17) is 4.74 Å². The summed E-state index contributed by atoms with van der Waals surface area (Å²) in [5, 5.41) is 21.0. The van der Waals surface area contributed by atoms with E-state index in [2.05, 4.69) is 21.6 Å². The first-order valence-electron chi connectivity index (χ1n) is 10.4. The lowest BCUT2D eigenvalue weighted by Gasteiger charge is -2.17.